The van der Waals surface area contributed by atoms with Crippen molar-refractivity contribution >= 4 is 5.91 Å². The molecule has 28 heavy (non-hydrogen) atoms. The zero-order valence-corrected chi connectivity index (χ0v) is 15.7. The number of benzene rings is 2. The first-order valence-electron chi connectivity index (χ1n) is 9.73. The Morgan fingerprint density at radius 1 is 0.964 bits per heavy atom. The van der Waals surface area contributed by atoms with E-state index in [1.165, 1.54) is 5.56 Å². The number of ether oxygens (including phenoxy) is 1. The third kappa shape index (κ3) is 4.65. The fraction of sp³-hybridized carbons (Fsp3) is 0.250. The molecule has 0 spiro atoms. The number of carbonyl (C=O) groups excluding carboxylic acids is 1. The first-order chi connectivity index (χ1) is 13.8. The van der Waals surface area contributed by atoms with Crippen molar-refractivity contribution in [2.24, 2.45) is 0 Å². The minimum absolute atomic E-state index is 0.0316. The molecule has 1 fully saturated rings. The van der Waals surface area contributed by atoms with Gasteiger partial charge in [0.15, 0.2) is 0 Å². The molecule has 4 rings (SSSR count). The number of amides is 1. The highest BCUT2D eigenvalue weighted by molar-refractivity contribution is 5.94. The van der Waals surface area contributed by atoms with Crippen LogP contribution in [0.4, 0.5) is 0 Å². The van der Waals surface area contributed by atoms with Crippen LogP contribution in [0.1, 0.15) is 40.4 Å². The smallest absolute Gasteiger partial charge is 0.251 e. The molecule has 142 valence electrons. The Morgan fingerprint density at radius 3 is 2.43 bits per heavy atom. The molecule has 2 aromatic carbocycles. The van der Waals surface area contributed by atoms with E-state index < -0.39 is 0 Å². The van der Waals surface area contributed by atoms with Crippen molar-refractivity contribution in [3.8, 4) is 0 Å². The summed E-state index contributed by atoms with van der Waals surface area (Å²) in [5.74, 6) is -0.0316. The average Bonchev–Trinajstić information content (AvgIpc) is 2.75. The molecule has 3 atom stereocenters. The summed E-state index contributed by atoms with van der Waals surface area (Å²) < 4.78 is 6.40. The molecule has 2 heterocycles. The summed E-state index contributed by atoms with van der Waals surface area (Å²) in [5.41, 5.74) is 2.98. The van der Waals surface area contributed by atoms with Crippen LogP contribution in [0.3, 0.4) is 0 Å². The molecule has 1 aromatic heterocycles. The van der Waals surface area contributed by atoms with Crippen LogP contribution >= 0.6 is 0 Å². The Hall–Kier alpha value is -2.98. The van der Waals surface area contributed by atoms with Crippen molar-refractivity contribution in [1.82, 2.24) is 10.3 Å². The molecule has 1 N–H and O–H groups in total. The highest BCUT2D eigenvalue weighted by atomic mass is 16.5. The fourth-order valence-corrected chi connectivity index (χ4v) is 3.78. The summed E-state index contributed by atoms with van der Waals surface area (Å²) in [4.78, 5) is 16.9. The maximum absolute atomic E-state index is 12.7. The second-order valence-corrected chi connectivity index (χ2v) is 7.23. The number of hydrogen-bond acceptors (Lipinski definition) is 3. The Balaban J connectivity index is 1.50. The van der Waals surface area contributed by atoms with Crippen LogP contribution < -0.4 is 5.32 Å². The molecular formula is C24H24N2O2. The van der Waals surface area contributed by atoms with E-state index in [1.54, 1.807) is 6.20 Å². The van der Waals surface area contributed by atoms with Crippen LogP contribution in [-0.2, 0) is 11.2 Å². The summed E-state index contributed by atoms with van der Waals surface area (Å²) >= 11 is 0. The molecule has 1 amide bonds. The minimum Gasteiger partial charge on any atom is -0.370 e. The Labute approximate surface area is 165 Å². The van der Waals surface area contributed by atoms with Gasteiger partial charge in [-0.1, -0.05) is 54.6 Å². The quantitative estimate of drug-likeness (QED) is 0.725. The monoisotopic (exact) mass is 372 g/mol. The lowest BCUT2D eigenvalue weighted by atomic mass is 9.91. The lowest BCUT2D eigenvalue weighted by Gasteiger charge is -2.36. The third-order valence-corrected chi connectivity index (χ3v) is 5.14. The number of nitrogens with one attached hydrogen (secondary N) is 1. The molecule has 1 aliphatic rings. The standard InChI is InChI=1S/C24H24N2O2/c27-24(19-10-5-2-6-11-19)26-21-15-22(14-18-8-3-1-4-9-18)28-23(16-21)20-12-7-13-25-17-20/h1-13,17,21-23H,14-16H2,(H,26,27)/t21-,22+,23+/m1/s1. The van der Waals surface area contributed by atoms with Gasteiger partial charge in [0.05, 0.1) is 12.2 Å². The molecule has 0 aliphatic carbocycles. The highest BCUT2D eigenvalue weighted by Gasteiger charge is 2.31. The number of aromatic nitrogens is 1. The van der Waals surface area contributed by atoms with Crippen molar-refractivity contribution in [2.75, 3.05) is 0 Å². The number of pyridine rings is 1. The second-order valence-electron chi connectivity index (χ2n) is 7.23. The van der Waals surface area contributed by atoms with Gasteiger partial charge in [0.1, 0.15) is 0 Å². The zero-order valence-electron chi connectivity index (χ0n) is 15.7. The van der Waals surface area contributed by atoms with Crippen LogP contribution in [0.25, 0.3) is 0 Å². The molecule has 1 saturated heterocycles. The number of carbonyl (C=O) groups is 1. The van der Waals surface area contributed by atoms with Crippen molar-refractivity contribution < 1.29 is 9.53 Å². The Kier molecular flexibility index (Phi) is 5.78. The van der Waals surface area contributed by atoms with Gasteiger partial charge < -0.3 is 10.1 Å². The normalized spacial score (nSPS) is 21.8. The van der Waals surface area contributed by atoms with Crippen LogP contribution in [0, 0.1) is 0 Å². The van der Waals surface area contributed by atoms with Gasteiger partial charge in [-0.05, 0) is 48.6 Å². The number of hydrogen-bond donors (Lipinski definition) is 1. The first kappa shape index (κ1) is 18.4. The summed E-state index contributed by atoms with van der Waals surface area (Å²) in [7, 11) is 0. The van der Waals surface area contributed by atoms with Crippen LogP contribution in [0.15, 0.2) is 85.2 Å². The van der Waals surface area contributed by atoms with E-state index in [-0.39, 0.29) is 24.2 Å². The lowest BCUT2D eigenvalue weighted by Crippen LogP contribution is -2.43. The Bertz CT molecular complexity index is 884. The lowest BCUT2D eigenvalue weighted by molar-refractivity contribution is -0.0615. The van der Waals surface area contributed by atoms with E-state index in [2.05, 4.69) is 22.4 Å². The molecule has 0 radical (unpaired) electrons. The number of nitrogens with zero attached hydrogens (tertiary/aromatic N) is 1. The summed E-state index contributed by atoms with van der Waals surface area (Å²) in [6.45, 7) is 0. The van der Waals surface area contributed by atoms with Gasteiger partial charge in [0.25, 0.3) is 5.91 Å². The molecule has 3 aromatic rings. The molecular weight excluding hydrogens is 348 g/mol. The molecule has 0 bridgehead atoms. The van der Waals surface area contributed by atoms with E-state index in [0.29, 0.717) is 5.56 Å². The minimum atomic E-state index is -0.0720. The van der Waals surface area contributed by atoms with Gasteiger partial charge in [-0.15, -0.1) is 0 Å². The first-order valence-corrected chi connectivity index (χ1v) is 9.73. The predicted molar refractivity (Wildman–Crippen MR) is 109 cm³/mol. The van der Waals surface area contributed by atoms with E-state index in [9.17, 15) is 4.79 Å². The van der Waals surface area contributed by atoms with Crippen molar-refractivity contribution in [1.29, 1.82) is 0 Å². The molecule has 4 heteroatoms. The highest BCUT2D eigenvalue weighted by Crippen LogP contribution is 2.32. The maximum Gasteiger partial charge on any atom is 0.251 e. The van der Waals surface area contributed by atoms with Crippen molar-refractivity contribution in [3.05, 3.63) is 102 Å². The van der Waals surface area contributed by atoms with Crippen molar-refractivity contribution in [2.45, 2.75) is 37.5 Å². The van der Waals surface area contributed by atoms with E-state index in [0.717, 1.165) is 24.8 Å². The zero-order chi connectivity index (χ0) is 19.2. The van der Waals surface area contributed by atoms with Gasteiger partial charge >= 0.3 is 0 Å². The topological polar surface area (TPSA) is 51.2 Å². The molecule has 1 aliphatic heterocycles. The van der Waals surface area contributed by atoms with Crippen LogP contribution in [0.2, 0.25) is 0 Å². The van der Waals surface area contributed by atoms with Gasteiger partial charge in [-0.3, -0.25) is 9.78 Å². The van der Waals surface area contributed by atoms with Gasteiger partial charge in [0, 0.05) is 24.0 Å². The molecule has 0 saturated carbocycles. The van der Waals surface area contributed by atoms with Gasteiger partial charge in [-0.2, -0.15) is 0 Å². The van der Waals surface area contributed by atoms with Crippen LogP contribution in [-0.4, -0.2) is 23.0 Å². The maximum atomic E-state index is 12.7. The molecule has 4 nitrogen and oxygen atoms in total. The second kappa shape index (κ2) is 8.81. The summed E-state index contributed by atoms with van der Waals surface area (Å²) in [6, 6.07) is 23.7. The largest absolute Gasteiger partial charge is 0.370 e. The summed E-state index contributed by atoms with van der Waals surface area (Å²) in [6.07, 6.45) is 5.96. The van der Waals surface area contributed by atoms with Gasteiger partial charge in [0.2, 0.25) is 0 Å². The van der Waals surface area contributed by atoms with Crippen LogP contribution in [0.5, 0.6) is 0 Å². The number of rotatable bonds is 5. The van der Waals surface area contributed by atoms with Crippen molar-refractivity contribution in [3.63, 3.8) is 0 Å². The fourth-order valence-electron chi connectivity index (χ4n) is 3.78. The predicted octanol–water partition coefficient (Wildman–Crippen LogP) is 4.34. The SMILES string of the molecule is O=C(N[C@@H]1C[C@H](Cc2ccccc2)O[C@H](c2cccnc2)C1)c1ccccc1. The van der Waals surface area contributed by atoms with E-state index in [4.69, 9.17) is 4.74 Å². The summed E-state index contributed by atoms with van der Waals surface area (Å²) in [5, 5.41) is 3.21. The average molecular weight is 372 g/mol. The molecule has 0 unspecified atom stereocenters. The Morgan fingerprint density at radius 2 is 1.71 bits per heavy atom. The van der Waals surface area contributed by atoms with Gasteiger partial charge in [-0.25, -0.2) is 0 Å². The van der Waals surface area contributed by atoms with E-state index in [1.807, 2.05) is 66.9 Å². The van der Waals surface area contributed by atoms with E-state index >= 15 is 0 Å². The third-order valence-electron chi connectivity index (χ3n) is 5.14.